The number of Topliss-reactive ketones (excluding diaryl/α,β-unsaturated/α-hetero) is 1. The zero-order valence-electron chi connectivity index (χ0n) is 17.1. The smallest absolute Gasteiger partial charge is 0.499 e. The first-order valence-electron chi connectivity index (χ1n) is 10.1. The quantitative estimate of drug-likeness (QED) is 0.707. The van der Waals surface area contributed by atoms with Crippen molar-refractivity contribution in [1.29, 1.82) is 0 Å². The Morgan fingerprint density at radius 2 is 1.36 bits per heavy atom. The van der Waals surface area contributed by atoms with E-state index in [1.54, 1.807) is 0 Å². The van der Waals surface area contributed by atoms with E-state index in [-0.39, 0.29) is 24.1 Å². The predicted octanol–water partition coefficient (Wildman–Crippen LogP) is 3.29. The lowest BCUT2D eigenvalue weighted by atomic mass is 9.66. The van der Waals surface area contributed by atoms with Gasteiger partial charge >= 0.3 is 8.24 Å². The first-order valence-corrected chi connectivity index (χ1v) is 13.5. The Hall–Kier alpha value is -1.89. The van der Waals surface area contributed by atoms with Gasteiger partial charge in [0.1, 0.15) is 0 Å². The summed E-state index contributed by atoms with van der Waals surface area (Å²) in [7, 11) is -1.77. The standard InChI is InChI=1S/C24H30NOSi.ClH/c1-27(2,3)25-19-24(21-15-9-5-10-16-21,22-17-11-6-12-18-22)23(26)20-13-7-4-8-14-20;/h5-6,9-12,15-18,20H,4,7-8,13-14H2,1-3H3;1H/q+1;/p-1. The van der Waals surface area contributed by atoms with Crippen molar-refractivity contribution in [1.82, 2.24) is 0 Å². The molecule has 148 valence electrons. The van der Waals surface area contributed by atoms with Crippen LogP contribution in [0.5, 0.6) is 0 Å². The molecular weight excluding hydrogens is 382 g/mol. The van der Waals surface area contributed by atoms with Crippen molar-refractivity contribution in [3.63, 3.8) is 0 Å². The van der Waals surface area contributed by atoms with Crippen molar-refractivity contribution in [2.24, 2.45) is 5.92 Å². The molecule has 1 saturated carbocycles. The highest BCUT2D eigenvalue weighted by Crippen LogP contribution is 2.39. The number of hydrogen-bond acceptors (Lipinski definition) is 1. The molecule has 2 aromatic rings. The average molecular weight is 412 g/mol. The van der Waals surface area contributed by atoms with Gasteiger partial charge in [-0.05, 0) is 24.0 Å². The fourth-order valence-corrected chi connectivity index (χ4v) is 4.44. The lowest BCUT2D eigenvalue weighted by Crippen LogP contribution is -3.00. The molecule has 2 aromatic carbocycles. The highest BCUT2D eigenvalue weighted by Gasteiger charge is 2.49. The van der Waals surface area contributed by atoms with E-state index in [0.717, 1.165) is 36.8 Å². The molecule has 0 radical (unpaired) electrons. The van der Waals surface area contributed by atoms with Crippen LogP contribution in [0.1, 0.15) is 43.2 Å². The Balaban J connectivity index is 0.00000280. The summed E-state index contributed by atoms with van der Waals surface area (Å²) in [6, 6.07) is 23.7. The molecular formula is C24H30ClNOSi. The summed E-state index contributed by atoms with van der Waals surface area (Å²) in [6.45, 7) is 6.56. The van der Waals surface area contributed by atoms with Crippen molar-refractivity contribution in [2.45, 2.75) is 57.2 Å². The molecule has 0 aromatic heterocycles. The largest absolute Gasteiger partial charge is 1.00 e. The third-order valence-corrected chi connectivity index (χ3v) is 6.10. The highest BCUT2D eigenvalue weighted by molar-refractivity contribution is 6.79. The molecule has 28 heavy (non-hydrogen) atoms. The van der Waals surface area contributed by atoms with Crippen molar-refractivity contribution in [2.75, 3.05) is 0 Å². The monoisotopic (exact) mass is 411 g/mol. The third-order valence-electron chi connectivity index (χ3n) is 5.32. The zero-order valence-corrected chi connectivity index (χ0v) is 18.9. The van der Waals surface area contributed by atoms with E-state index in [2.05, 4.69) is 50.0 Å². The Bertz CT molecular complexity index is 788. The minimum atomic E-state index is -1.77. The number of nitrogens with zero attached hydrogens (tertiary/aromatic N) is 1. The molecule has 1 fully saturated rings. The summed E-state index contributed by atoms with van der Waals surface area (Å²) < 4.78 is 4.87. The Morgan fingerprint density at radius 1 is 0.893 bits per heavy atom. The number of hydrogen-bond donors (Lipinski definition) is 0. The molecule has 0 spiro atoms. The van der Waals surface area contributed by atoms with E-state index in [9.17, 15) is 4.79 Å². The molecule has 0 aliphatic heterocycles. The van der Waals surface area contributed by atoms with Crippen LogP contribution in [0.15, 0.2) is 60.7 Å². The molecule has 0 heterocycles. The van der Waals surface area contributed by atoms with Crippen LogP contribution in [-0.4, -0.2) is 14.0 Å². The highest BCUT2D eigenvalue weighted by atomic mass is 35.5. The van der Waals surface area contributed by atoms with Gasteiger partial charge in [-0.2, -0.15) is 4.51 Å². The molecule has 0 saturated heterocycles. The van der Waals surface area contributed by atoms with Gasteiger partial charge in [0.05, 0.1) is 0 Å². The average Bonchev–Trinajstić information content (AvgIpc) is 2.70. The van der Waals surface area contributed by atoms with Gasteiger partial charge in [-0.1, -0.05) is 79.9 Å². The number of halogens is 1. The van der Waals surface area contributed by atoms with E-state index >= 15 is 0 Å². The van der Waals surface area contributed by atoms with Gasteiger partial charge in [0.15, 0.2) is 5.78 Å². The van der Waals surface area contributed by atoms with Crippen LogP contribution in [0.4, 0.5) is 0 Å². The summed E-state index contributed by atoms with van der Waals surface area (Å²) in [5.41, 5.74) is 1.05. The molecule has 0 unspecified atom stereocenters. The molecule has 0 N–H and O–H groups in total. The van der Waals surface area contributed by atoms with Gasteiger partial charge in [-0.15, -0.1) is 0 Å². The number of ketones is 1. The van der Waals surface area contributed by atoms with Crippen molar-refractivity contribution in [3.8, 4) is 6.07 Å². The number of carbonyl (C=O) groups excluding carboxylic acids is 1. The molecule has 0 atom stereocenters. The van der Waals surface area contributed by atoms with Crippen LogP contribution >= 0.6 is 0 Å². The van der Waals surface area contributed by atoms with Crippen LogP contribution in [0.25, 0.3) is 4.51 Å². The minimum absolute atomic E-state index is 0. The van der Waals surface area contributed by atoms with Crippen LogP contribution in [0, 0.1) is 12.0 Å². The van der Waals surface area contributed by atoms with Crippen molar-refractivity contribution in [3.05, 3.63) is 76.3 Å². The van der Waals surface area contributed by atoms with E-state index in [4.69, 9.17) is 4.51 Å². The molecule has 2 nitrogen and oxygen atoms in total. The van der Waals surface area contributed by atoms with Crippen molar-refractivity contribution >= 4 is 14.0 Å². The predicted molar refractivity (Wildman–Crippen MR) is 116 cm³/mol. The lowest BCUT2D eigenvalue weighted by molar-refractivity contribution is -0.126. The van der Waals surface area contributed by atoms with E-state index in [1.807, 2.05) is 36.4 Å². The maximum absolute atomic E-state index is 14.0. The van der Waals surface area contributed by atoms with E-state index < -0.39 is 13.7 Å². The second kappa shape index (κ2) is 9.54. The van der Waals surface area contributed by atoms with Gasteiger partial charge in [0.25, 0.3) is 6.07 Å². The molecule has 1 aliphatic carbocycles. The van der Waals surface area contributed by atoms with Gasteiger partial charge in [0, 0.05) is 25.6 Å². The van der Waals surface area contributed by atoms with Gasteiger partial charge in [-0.3, -0.25) is 4.79 Å². The van der Waals surface area contributed by atoms with Crippen LogP contribution in [-0.2, 0) is 10.2 Å². The summed E-state index contributed by atoms with van der Waals surface area (Å²) >= 11 is 0. The Morgan fingerprint density at radius 3 is 1.79 bits per heavy atom. The molecule has 4 heteroatoms. The summed E-state index contributed by atoms with van der Waals surface area (Å²) in [5, 5.41) is 0. The summed E-state index contributed by atoms with van der Waals surface area (Å²) in [4.78, 5) is 14.0. The van der Waals surface area contributed by atoms with Crippen LogP contribution in [0.2, 0.25) is 19.6 Å². The summed E-state index contributed by atoms with van der Waals surface area (Å²) in [5.74, 6) is 0.352. The van der Waals surface area contributed by atoms with Gasteiger partial charge in [-0.25, -0.2) is 0 Å². The summed E-state index contributed by atoms with van der Waals surface area (Å²) in [6.07, 6.45) is 5.48. The third kappa shape index (κ3) is 4.93. The molecule has 0 bridgehead atoms. The molecule has 1 aliphatic rings. The lowest BCUT2D eigenvalue weighted by Gasteiger charge is -2.30. The first-order chi connectivity index (χ1) is 12.9. The Kier molecular flexibility index (Phi) is 7.63. The number of benzene rings is 2. The first kappa shape index (κ1) is 22.4. The fourth-order valence-electron chi connectivity index (χ4n) is 3.93. The van der Waals surface area contributed by atoms with E-state index in [1.165, 1.54) is 6.42 Å². The van der Waals surface area contributed by atoms with Crippen molar-refractivity contribution < 1.29 is 17.2 Å². The molecule has 3 rings (SSSR count). The van der Waals surface area contributed by atoms with Gasteiger partial charge in [0.2, 0.25) is 5.41 Å². The minimum Gasteiger partial charge on any atom is -1.00 e. The van der Waals surface area contributed by atoms with Crippen LogP contribution in [0.3, 0.4) is 0 Å². The molecule has 0 amide bonds. The van der Waals surface area contributed by atoms with Gasteiger partial charge < -0.3 is 12.4 Å². The Labute approximate surface area is 176 Å². The second-order valence-electron chi connectivity index (χ2n) is 8.58. The topological polar surface area (TPSA) is 21.4 Å². The SMILES string of the molecule is C[Si](C)(C)[N+]#CC(C(=O)C1CCCCC1)(c1ccccc1)c1ccccc1.[Cl-]. The number of rotatable bonds is 4. The maximum atomic E-state index is 14.0. The fraction of sp³-hybridized carbons (Fsp3) is 0.417. The second-order valence-corrected chi connectivity index (χ2v) is 13.1. The number of carbonyl (C=O) groups is 1. The van der Waals surface area contributed by atoms with E-state index in [0.29, 0.717) is 0 Å². The maximum Gasteiger partial charge on any atom is 0.499 e. The normalized spacial score (nSPS) is 15.1. The van der Waals surface area contributed by atoms with Crippen LogP contribution < -0.4 is 12.4 Å². The zero-order chi connectivity index (χ0) is 19.3.